The average molecular weight is 256 g/mol. The van der Waals surface area contributed by atoms with E-state index in [0.717, 1.165) is 0 Å². The van der Waals surface area contributed by atoms with E-state index in [1.54, 1.807) is 19.1 Å². The summed E-state index contributed by atoms with van der Waals surface area (Å²) in [7, 11) is 0. The smallest absolute Gasteiger partial charge is 0.313 e. The molecule has 92 valence electrons. The molecule has 1 aromatic rings. The van der Waals surface area contributed by atoms with E-state index >= 15 is 0 Å². The van der Waals surface area contributed by atoms with Gasteiger partial charge in [0, 0.05) is 4.90 Å². The summed E-state index contributed by atoms with van der Waals surface area (Å²) in [5.74, 6) is -0.940. The third kappa shape index (κ3) is 5.49. The van der Waals surface area contributed by atoms with Gasteiger partial charge in [-0.05, 0) is 25.1 Å². The first kappa shape index (κ1) is 13.7. The number of ketones is 1. The zero-order chi connectivity index (χ0) is 12.7. The number of ether oxygens (including phenoxy) is 1. The van der Waals surface area contributed by atoms with Crippen LogP contribution in [0.3, 0.4) is 0 Å². The maximum Gasteiger partial charge on any atom is 0.313 e. The Morgan fingerprint density at radius 1 is 1.41 bits per heavy atom. The van der Waals surface area contributed by atoms with Crippen molar-refractivity contribution in [3.8, 4) is 0 Å². The fraction of sp³-hybridized carbons (Fsp3) is 0.333. The predicted molar refractivity (Wildman–Crippen MR) is 63.4 cm³/mol. The summed E-state index contributed by atoms with van der Waals surface area (Å²) in [6.45, 7) is 1.95. The van der Waals surface area contributed by atoms with Crippen LogP contribution in [0.4, 0.5) is 4.39 Å². The van der Waals surface area contributed by atoms with Crippen LogP contribution in [0.15, 0.2) is 29.2 Å². The van der Waals surface area contributed by atoms with Gasteiger partial charge >= 0.3 is 5.97 Å². The molecule has 0 unspecified atom stereocenters. The number of carbonyl (C=O) groups excluding carboxylic acids is 2. The average Bonchev–Trinajstić information content (AvgIpc) is 2.27. The maximum absolute atomic E-state index is 12.8. The van der Waals surface area contributed by atoms with Gasteiger partial charge in [-0.3, -0.25) is 9.59 Å². The van der Waals surface area contributed by atoms with Gasteiger partial charge in [-0.2, -0.15) is 0 Å². The Labute approximate surface area is 103 Å². The topological polar surface area (TPSA) is 43.4 Å². The number of Topliss-reactive ketones (excluding diaryl/α,β-unsaturated/α-hetero) is 1. The number of esters is 1. The molecule has 17 heavy (non-hydrogen) atoms. The molecular formula is C12H13FO3S. The summed E-state index contributed by atoms with van der Waals surface area (Å²) < 4.78 is 17.5. The number of hydrogen-bond acceptors (Lipinski definition) is 4. The summed E-state index contributed by atoms with van der Waals surface area (Å²) >= 11 is 1.21. The molecule has 0 aliphatic rings. The molecule has 0 heterocycles. The zero-order valence-electron chi connectivity index (χ0n) is 9.44. The fourth-order valence-corrected chi connectivity index (χ4v) is 1.95. The minimum atomic E-state index is -0.516. The van der Waals surface area contributed by atoms with E-state index in [-0.39, 0.29) is 30.4 Å². The van der Waals surface area contributed by atoms with E-state index < -0.39 is 5.97 Å². The van der Waals surface area contributed by atoms with Crippen molar-refractivity contribution in [2.75, 3.05) is 12.4 Å². The summed E-state index contributed by atoms with van der Waals surface area (Å²) in [6.07, 6.45) is -0.226. The highest BCUT2D eigenvalue weighted by molar-refractivity contribution is 8.00. The second kappa shape index (κ2) is 7.06. The minimum absolute atomic E-state index is 0.141. The Bertz CT molecular complexity index is 406. The first-order valence-electron chi connectivity index (χ1n) is 5.17. The SMILES string of the molecule is CCOC(=O)CC(=O)CSc1cccc(F)c1. The van der Waals surface area contributed by atoms with Crippen LogP contribution in [0.5, 0.6) is 0 Å². The summed E-state index contributed by atoms with van der Waals surface area (Å²) in [6, 6.07) is 5.98. The quantitative estimate of drug-likeness (QED) is 0.445. The number of rotatable bonds is 6. The molecule has 0 aromatic heterocycles. The van der Waals surface area contributed by atoms with Crippen molar-refractivity contribution in [2.45, 2.75) is 18.2 Å². The highest BCUT2D eigenvalue weighted by atomic mass is 32.2. The van der Waals surface area contributed by atoms with Crippen molar-refractivity contribution in [3.05, 3.63) is 30.1 Å². The first-order chi connectivity index (χ1) is 8.11. The van der Waals surface area contributed by atoms with Crippen LogP contribution >= 0.6 is 11.8 Å². The van der Waals surface area contributed by atoms with E-state index in [0.29, 0.717) is 4.90 Å². The summed E-state index contributed by atoms with van der Waals surface area (Å²) in [4.78, 5) is 23.0. The van der Waals surface area contributed by atoms with Crippen molar-refractivity contribution >= 4 is 23.5 Å². The van der Waals surface area contributed by atoms with Crippen molar-refractivity contribution in [2.24, 2.45) is 0 Å². The van der Waals surface area contributed by atoms with Gasteiger partial charge in [0.2, 0.25) is 0 Å². The predicted octanol–water partition coefficient (Wildman–Crippen LogP) is 2.44. The molecule has 0 radical (unpaired) electrons. The van der Waals surface area contributed by atoms with Gasteiger partial charge in [-0.25, -0.2) is 4.39 Å². The standard InChI is InChI=1S/C12H13FO3S/c1-2-16-12(15)7-10(14)8-17-11-5-3-4-9(13)6-11/h3-6H,2,7-8H2,1H3. The lowest BCUT2D eigenvalue weighted by molar-refractivity contribution is -0.145. The van der Waals surface area contributed by atoms with Crippen molar-refractivity contribution < 1.29 is 18.7 Å². The third-order valence-electron chi connectivity index (χ3n) is 1.84. The second-order valence-corrected chi connectivity index (χ2v) is 4.32. The molecule has 0 aliphatic carbocycles. The van der Waals surface area contributed by atoms with Crippen LogP contribution in [-0.2, 0) is 14.3 Å². The second-order valence-electron chi connectivity index (χ2n) is 3.27. The molecule has 0 atom stereocenters. The molecule has 0 amide bonds. The molecule has 0 N–H and O–H groups in total. The van der Waals surface area contributed by atoms with E-state index in [1.165, 1.54) is 23.9 Å². The van der Waals surface area contributed by atoms with Gasteiger partial charge in [0.1, 0.15) is 12.2 Å². The molecule has 0 saturated heterocycles. The summed E-state index contributed by atoms with van der Waals surface area (Å²) in [5.41, 5.74) is 0. The Kier molecular flexibility index (Phi) is 5.69. The lowest BCUT2D eigenvalue weighted by atomic mass is 10.3. The molecule has 1 aromatic carbocycles. The Balaban J connectivity index is 2.35. The lowest BCUT2D eigenvalue weighted by Crippen LogP contribution is -2.12. The molecule has 0 spiro atoms. The summed E-state index contributed by atoms with van der Waals surface area (Å²) in [5, 5.41) is 0. The highest BCUT2D eigenvalue weighted by Crippen LogP contribution is 2.18. The van der Waals surface area contributed by atoms with Crippen LogP contribution in [0.1, 0.15) is 13.3 Å². The molecule has 0 bridgehead atoms. The number of carbonyl (C=O) groups is 2. The van der Waals surface area contributed by atoms with Gasteiger partial charge in [0.05, 0.1) is 12.4 Å². The fourth-order valence-electron chi connectivity index (χ4n) is 1.14. The minimum Gasteiger partial charge on any atom is -0.466 e. The van der Waals surface area contributed by atoms with Crippen molar-refractivity contribution in [3.63, 3.8) is 0 Å². The van der Waals surface area contributed by atoms with Crippen LogP contribution in [0, 0.1) is 5.82 Å². The van der Waals surface area contributed by atoms with E-state index in [4.69, 9.17) is 0 Å². The zero-order valence-corrected chi connectivity index (χ0v) is 10.3. The molecule has 0 fully saturated rings. The van der Waals surface area contributed by atoms with Crippen LogP contribution < -0.4 is 0 Å². The van der Waals surface area contributed by atoms with Gasteiger partial charge in [-0.1, -0.05) is 6.07 Å². The van der Waals surface area contributed by atoms with Crippen LogP contribution in [0.2, 0.25) is 0 Å². The highest BCUT2D eigenvalue weighted by Gasteiger charge is 2.10. The third-order valence-corrected chi connectivity index (χ3v) is 2.90. The van der Waals surface area contributed by atoms with E-state index in [2.05, 4.69) is 4.74 Å². The van der Waals surface area contributed by atoms with E-state index in [9.17, 15) is 14.0 Å². The van der Waals surface area contributed by atoms with Crippen molar-refractivity contribution in [1.82, 2.24) is 0 Å². The molecule has 3 nitrogen and oxygen atoms in total. The van der Waals surface area contributed by atoms with Gasteiger partial charge in [0.15, 0.2) is 5.78 Å². The van der Waals surface area contributed by atoms with Gasteiger partial charge in [0.25, 0.3) is 0 Å². The molecular weight excluding hydrogens is 243 g/mol. The normalized spacial score (nSPS) is 10.0. The van der Waals surface area contributed by atoms with Crippen LogP contribution in [-0.4, -0.2) is 24.1 Å². The lowest BCUT2D eigenvalue weighted by Gasteiger charge is -2.02. The largest absolute Gasteiger partial charge is 0.466 e. The molecule has 0 saturated carbocycles. The van der Waals surface area contributed by atoms with Crippen LogP contribution in [0.25, 0.3) is 0 Å². The number of hydrogen-bond donors (Lipinski definition) is 0. The molecule has 0 aliphatic heterocycles. The number of thioether (sulfide) groups is 1. The Hall–Kier alpha value is -1.36. The Morgan fingerprint density at radius 2 is 2.18 bits per heavy atom. The number of halogens is 1. The van der Waals surface area contributed by atoms with Gasteiger partial charge in [-0.15, -0.1) is 11.8 Å². The molecule has 1 rings (SSSR count). The monoisotopic (exact) mass is 256 g/mol. The van der Waals surface area contributed by atoms with Gasteiger partial charge < -0.3 is 4.74 Å². The first-order valence-corrected chi connectivity index (χ1v) is 6.16. The maximum atomic E-state index is 12.8. The number of benzene rings is 1. The van der Waals surface area contributed by atoms with Crippen molar-refractivity contribution in [1.29, 1.82) is 0 Å². The van der Waals surface area contributed by atoms with E-state index in [1.807, 2.05) is 0 Å². The Morgan fingerprint density at radius 3 is 2.82 bits per heavy atom. The molecule has 5 heteroatoms.